The first kappa shape index (κ1) is 15.4. The summed E-state index contributed by atoms with van der Waals surface area (Å²) in [7, 11) is 1.63. The minimum absolute atomic E-state index is 0.0376. The van der Waals surface area contributed by atoms with Gasteiger partial charge in [-0.2, -0.15) is 0 Å². The molecule has 0 aliphatic carbocycles. The highest BCUT2D eigenvalue weighted by Crippen LogP contribution is 2.19. The zero-order chi connectivity index (χ0) is 14.1. The summed E-state index contributed by atoms with van der Waals surface area (Å²) < 4.78 is 5.09. The van der Waals surface area contributed by atoms with E-state index in [0.717, 1.165) is 11.3 Å². The third kappa shape index (κ3) is 5.22. The van der Waals surface area contributed by atoms with Crippen LogP contribution in [0.3, 0.4) is 0 Å². The summed E-state index contributed by atoms with van der Waals surface area (Å²) in [6.45, 7) is 8.39. The fraction of sp³-hybridized carbons (Fsp3) is 0.267. The molecule has 0 saturated heterocycles. The first-order chi connectivity index (χ1) is 9.21. The van der Waals surface area contributed by atoms with Crippen molar-refractivity contribution in [1.29, 1.82) is 0 Å². The van der Waals surface area contributed by atoms with Gasteiger partial charge in [-0.1, -0.05) is 36.0 Å². The van der Waals surface area contributed by atoms with Crippen LogP contribution in [0.15, 0.2) is 49.6 Å². The Labute approximate surface area is 118 Å². The zero-order valence-corrected chi connectivity index (χ0v) is 12.0. The Kier molecular flexibility index (Phi) is 6.82. The molecule has 0 radical (unpaired) electrons. The molecule has 0 heterocycles. The lowest BCUT2D eigenvalue weighted by Gasteiger charge is -2.18. The van der Waals surface area contributed by atoms with E-state index in [-0.39, 0.29) is 5.24 Å². The summed E-state index contributed by atoms with van der Waals surface area (Å²) in [5.41, 5.74) is 1.09. The van der Waals surface area contributed by atoms with Crippen molar-refractivity contribution in [2.24, 2.45) is 0 Å². The second-order valence-electron chi connectivity index (χ2n) is 3.88. The lowest BCUT2D eigenvalue weighted by Crippen LogP contribution is -2.27. The third-order valence-electron chi connectivity index (χ3n) is 2.48. The van der Waals surface area contributed by atoms with Crippen LogP contribution < -0.4 is 4.74 Å². The number of rotatable bonds is 7. The van der Waals surface area contributed by atoms with Gasteiger partial charge in [-0.25, -0.2) is 0 Å². The third-order valence-corrected chi connectivity index (χ3v) is 3.46. The van der Waals surface area contributed by atoms with Crippen molar-refractivity contribution in [3.63, 3.8) is 0 Å². The second-order valence-corrected chi connectivity index (χ2v) is 4.81. The van der Waals surface area contributed by atoms with Crippen LogP contribution in [0, 0.1) is 0 Å². The summed E-state index contributed by atoms with van der Waals surface area (Å²) in [5.74, 6) is 1.47. The average molecular weight is 277 g/mol. The van der Waals surface area contributed by atoms with E-state index in [0.29, 0.717) is 18.8 Å². The van der Waals surface area contributed by atoms with Gasteiger partial charge in [0.1, 0.15) is 5.75 Å². The fourth-order valence-corrected chi connectivity index (χ4v) is 2.31. The highest BCUT2D eigenvalue weighted by atomic mass is 32.2. The number of methoxy groups -OCH3 is 1. The molecule has 102 valence electrons. The van der Waals surface area contributed by atoms with Crippen LogP contribution in [0.5, 0.6) is 5.75 Å². The highest BCUT2D eigenvalue weighted by molar-refractivity contribution is 8.12. The van der Waals surface area contributed by atoms with Crippen molar-refractivity contribution in [3.8, 4) is 5.75 Å². The Morgan fingerprint density at radius 3 is 2.32 bits per heavy atom. The highest BCUT2D eigenvalue weighted by Gasteiger charge is 2.11. The van der Waals surface area contributed by atoms with Crippen molar-refractivity contribution in [1.82, 2.24) is 4.90 Å². The first-order valence-electron chi connectivity index (χ1n) is 5.97. The Bertz CT molecular complexity index is 418. The number of nitrogens with zero attached hydrogens (tertiary/aromatic N) is 1. The molecule has 0 aliphatic rings. The summed E-state index contributed by atoms with van der Waals surface area (Å²) in [4.78, 5) is 13.7. The van der Waals surface area contributed by atoms with Gasteiger partial charge in [-0.3, -0.25) is 4.79 Å². The molecule has 1 rings (SSSR count). The molecule has 0 aliphatic heterocycles. The van der Waals surface area contributed by atoms with Crippen LogP contribution in [-0.2, 0) is 5.75 Å². The lowest BCUT2D eigenvalue weighted by molar-refractivity contribution is 0.233. The number of carbonyl (C=O) groups excluding carboxylic acids is 1. The number of amides is 1. The number of thioether (sulfide) groups is 1. The van der Waals surface area contributed by atoms with Crippen LogP contribution in [0.25, 0.3) is 0 Å². The van der Waals surface area contributed by atoms with Gasteiger partial charge >= 0.3 is 0 Å². The fourth-order valence-electron chi connectivity index (χ4n) is 1.49. The molecule has 1 aromatic carbocycles. The van der Waals surface area contributed by atoms with Crippen LogP contribution in [0.2, 0.25) is 0 Å². The minimum atomic E-state index is 0.0376. The van der Waals surface area contributed by atoms with Crippen molar-refractivity contribution in [3.05, 3.63) is 55.1 Å². The maximum absolute atomic E-state index is 12.0. The Balaban J connectivity index is 2.51. The molecule has 0 bridgehead atoms. The Morgan fingerprint density at radius 2 is 1.84 bits per heavy atom. The summed E-state index contributed by atoms with van der Waals surface area (Å²) in [5, 5.41) is 0.0376. The quantitative estimate of drug-likeness (QED) is 0.711. The van der Waals surface area contributed by atoms with Gasteiger partial charge in [0.15, 0.2) is 0 Å². The van der Waals surface area contributed by atoms with Gasteiger partial charge < -0.3 is 9.64 Å². The Hall–Kier alpha value is -1.68. The molecular weight excluding hydrogens is 258 g/mol. The van der Waals surface area contributed by atoms with Crippen molar-refractivity contribution in [2.75, 3.05) is 20.2 Å². The maximum atomic E-state index is 12.0. The van der Waals surface area contributed by atoms with Crippen LogP contribution in [0.4, 0.5) is 4.79 Å². The molecule has 0 unspecified atom stereocenters. The van der Waals surface area contributed by atoms with Crippen molar-refractivity contribution >= 4 is 17.0 Å². The Morgan fingerprint density at radius 1 is 1.26 bits per heavy atom. The van der Waals surface area contributed by atoms with E-state index >= 15 is 0 Å². The normalized spacial score (nSPS) is 9.74. The molecule has 1 amide bonds. The average Bonchev–Trinajstić information content (AvgIpc) is 2.45. The SMILES string of the molecule is C=CCN(CC=C)C(=O)SCc1ccc(OC)cc1. The van der Waals surface area contributed by atoms with Crippen molar-refractivity contribution < 1.29 is 9.53 Å². The number of benzene rings is 1. The largest absolute Gasteiger partial charge is 0.497 e. The van der Waals surface area contributed by atoms with E-state index in [1.807, 2.05) is 24.3 Å². The van der Waals surface area contributed by atoms with E-state index in [2.05, 4.69) is 13.2 Å². The van der Waals surface area contributed by atoms with Gasteiger partial charge in [0.05, 0.1) is 7.11 Å². The van der Waals surface area contributed by atoms with E-state index in [1.54, 1.807) is 24.2 Å². The van der Waals surface area contributed by atoms with E-state index in [4.69, 9.17) is 4.74 Å². The van der Waals surface area contributed by atoms with E-state index in [9.17, 15) is 4.79 Å². The molecule has 1 aromatic rings. The number of hydrogen-bond donors (Lipinski definition) is 0. The number of ether oxygens (including phenoxy) is 1. The van der Waals surface area contributed by atoms with Gasteiger partial charge in [-0.05, 0) is 17.7 Å². The van der Waals surface area contributed by atoms with Crippen LogP contribution in [-0.4, -0.2) is 30.3 Å². The van der Waals surface area contributed by atoms with Crippen molar-refractivity contribution in [2.45, 2.75) is 5.75 Å². The lowest BCUT2D eigenvalue weighted by atomic mass is 10.2. The maximum Gasteiger partial charge on any atom is 0.282 e. The number of hydrogen-bond acceptors (Lipinski definition) is 3. The zero-order valence-electron chi connectivity index (χ0n) is 11.2. The predicted octanol–water partition coefficient (Wildman–Crippen LogP) is 3.72. The van der Waals surface area contributed by atoms with Gasteiger partial charge in [0, 0.05) is 18.8 Å². The molecule has 4 heteroatoms. The molecule has 0 saturated carbocycles. The predicted molar refractivity (Wildman–Crippen MR) is 81.7 cm³/mol. The molecule has 0 N–H and O–H groups in total. The van der Waals surface area contributed by atoms with Crippen LogP contribution >= 0.6 is 11.8 Å². The molecular formula is C15H19NO2S. The van der Waals surface area contributed by atoms with E-state index < -0.39 is 0 Å². The monoisotopic (exact) mass is 277 g/mol. The summed E-state index contributed by atoms with van der Waals surface area (Å²) in [6.07, 6.45) is 3.44. The molecule has 3 nitrogen and oxygen atoms in total. The summed E-state index contributed by atoms with van der Waals surface area (Å²) in [6, 6.07) is 7.71. The molecule has 0 fully saturated rings. The van der Waals surface area contributed by atoms with Gasteiger partial charge in [-0.15, -0.1) is 13.2 Å². The number of carbonyl (C=O) groups is 1. The summed E-state index contributed by atoms with van der Waals surface area (Å²) >= 11 is 1.28. The standard InChI is InChI=1S/C15H19NO2S/c1-4-10-16(11-5-2)15(17)19-12-13-6-8-14(18-3)9-7-13/h4-9H,1-2,10-12H2,3H3. The smallest absolute Gasteiger partial charge is 0.282 e. The minimum Gasteiger partial charge on any atom is -0.497 e. The van der Waals surface area contributed by atoms with Gasteiger partial charge in [0.25, 0.3) is 5.24 Å². The second kappa shape index (κ2) is 8.43. The first-order valence-corrected chi connectivity index (χ1v) is 6.96. The van der Waals surface area contributed by atoms with E-state index in [1.165, 1.54) is 11.8 Å². The molecule has 0 spiro atoms. The molecule has 19 heavy (non-hydrogen) atoms. The molecule has 0 aromatic heterocycles. The van der Waals surface area contributed by atoms with Crippen LogP contribution in [0.1, 0.15) is 5.56 Å². The topological polar surface area (TPSA) is 29.5 Å². The van der Waals surface area contributed by atoms with Gasteiger partial charge in [0.2, 0.25) is 0 Å². The molecule has 0 atom stereocenters.